The van der Waals surface area contributed by atoms with E-state index in [4.69, 9.17) is 0 Å². The molecule has 0 bridgehead atoms. The monoisotopic (exact) mass is 286 g/mol. The SMILES string of the molecule is CC(NC(=O)NCc1cccc(C(F)(F)F)c1)C1CC1. The molecule has 0 heterocycles. The van der Waals surface area contributed by atoms with Crippen LogP contribution in [0.15, 0.2) is 24.3 Å². The minimum absolute atomic E-state index is 0.0765. The average molecular weight is 286 g/mol. The molecular formula is C14H17F3N2O. The smallest absolute Gasteiger partial charge is 0.335 e. The molecule has 2 N–H and O–H groups in total. The Hall–Kier alpha value is -1.72. The molecule has 0 spiro atoms. The summed E-state index contributed by atoms with van der Waals surface area (Å²) < 4.78 is 37.6. The molecule has 1 fully saturated rings. The van der Waals surface area contributed by atoms with Crippen LogP contribution in [0, 0.1) is 5.92 Å². The van der Waals surface area contributed by atoms with Crippen LogP contribution in [0.25, 0.3) is 0 Å². The first-order valence-electron chi connectivity index (χ1n) is 6.57. The third-order valence-electron chi connectivity index (χ3n) is 3.40. The Labute approximate surface area is 115 Å². The Morgan fingerprint density at radius 1 is 1.40 bits per heavy atom. The van der Waals surface area contributed by atoms with Crippen molar-refractivity contribution in [3.63, 3.8) is 0 Å². The number of carbonyl (C=O) groups excluding carboxylic acids is 1. The van der Waals surface area contributed by atoms with Crippen molar-refractivity contribution >= 4 is 6.03 Å². The fourth-order valence-electron chi connectivity index (χ4n) is 2.01. The van der Waals surface area contributed by atoms with Gasteiger partial charge in [0, 0.05) is 12.6 Å². The van der Waals surface area contributed by atoms with Crippen LogP contribution in [0.4, 0.5) is 18.0 Å². The molecule has 2 rings (SSSR count). The number of benzene rings is 1. The van der Waals surface area contributed by atoms with E-state index in [2.05, 4.69) is 10.6 Å². The molecule has 1 unspecified atom stereocenters. The number of hydrogen-bond acceptors (Lipinski definition) is 1. The zero-order valence-corrected chi connectivity index (χ0v) is 11.1. The molecule has 1 aromatic rings. The molecule has 1 atom stereocenters. The number of halogens is 3. The van der Waals surface area contributed by atoms with Gasteiger partial charge in [-0.2, -0.15) is 13.2 Å². The molecule has 2 amide bonds. The van der Waals surface area contributed by atoms with Crippen molar-refractivity contribution in [3.05, 3.63) is 35.4 Å². The van der Waals surface area contributed by atoms with E-state index in [0.717, 1.165) is 25.0 Å². The van der Waals surface area contributed by atoms with E-state index >= 15 is 0 Å². The van der Waals surface area contributed by atoms with E-state index in [1.807, 2.05) is 6.92 Å². The van der Waals surface area contributed by atoms with E-state index < -0.39 is 11.7 Å². The van der Waals surface area contributed by atoms with Gasteiger partial charge in [-0.15, -0.1) is 0 Å². The Balaban J connectivity index is 1.85. The van der Waals surface area contributed by atoms with Gasteiger partial charge in [0.1, 0.15) is 0 Å². The van der Waals surface area contributed by atoms with Crippen LogP contribution in [0.3, 0.4) is 0 Å². The molecule has 0 saturated heterocycles. The van der Waals surface area contributed by atoms with Crippen LogP contribution in [-0.2, 0) is 12.7 Å². The van der Waals surface area contributed by atoms with Crippen LogP contribution in [-0.4, -0.2) is 12.1 Å². The van der Waals surface area contributed by atoms with Gasteiger partial charge < -0.3 is 10.6 Å². The Morgan fingerprint density at radius 3 is 2.70 bits per heavy atom. The third-order valence-corrected chi connectivity index (χ3v) is 3.40. The van der Waals surface area contributed by atoms with Gasteiger partial charge in [-0.3, -0.25) is 0 Å². The maximum absolute atomic E-state index is 12.5. The van der Waals surface area contributed by atoms with Crippen LogP contribution < -0.4 is 10.6 Å². The summed E-state index contributed by atoms with van der Waals surface area (Å²) in [7, 11) is 0. The Bertz CT molecular complexity index is 484. The fraction of sp³-hybridized carbons (Fsp3) is 0.500. The quantitative estimate of drug-likeness (QED) is 0.876. The van der Waals surface area contributed by atoms with Crippen molar-refractivity contribution in [1.29, 1.82) is 0 Å². The highest BCUT2D eigenvalue weighted by Crippen LogP contribution is 2.32. The number of hydrogen-bond donors (Lipinski definition) is 2. The van der Waals surface area contributed by atoms with Crippen LogP contribution in [0.1, 0.15) is 30.9 Å². The summed E-state index contributed by atoms with van der Waals surface area (Å²) in [5.41, 5.74) is -0.280. The highest BCUT2D eigenvalue weighted by Gasteiger charge is 2.30. The van der Waals surface area contributed by atoms with E-state index in [9.17, 15) is 18.0 Å². The van der Waals surface area contributed by atoms with Crippen LogP contribution in [0.2, 0.25) is 0 Å². The number of carbonyl (C=O) groups is 1. The summed E-state index contributed by atoms with van der Waals surface area (Å²) in [6, 6.07) is 4.71. The minimum Gasteiger partial charge on any atom is -0.335 e. The summed E-state index contributed by atoms with van der Waals surface area (Å²) in [5, 5.41) is 5.36. The van der Waals surface area contributed by atoms with Crippen molar-refractivity contribution < 1.29 is 18.0 Å². The summed E-state index contributed by atoms with van der Waals surface area (Å²) in [6.07, 6.45) is -2.12. The molecule has 0 aliphatic heterocycles. The summed E-state index contributed by atoms with van der Waals surface area (Å²) in [6.45, 7) is 2.01. The van der Waals surface area contributed by atoms with Gasteiger partial charge in [-0.25, -0.2) is 4.79 Å². The van der Waals surface area contributed by atoms with Crippen molar-refractivity contribution in [2.75, 3.05) is 0 Å². The van der Waals surface area contributed by atoms with E-state index in [1.54, 1.807) is 6.07 Å². The molecule has 0 radical (unpaired) electrons. The molecule has 20 heavy (non-hydrogen) atoms. The Kier molecular flexibility index (Phi) is 4.20. The minimum atomic E-state index is -4.36. The van der Waals surface area contributed by atoms with Crippen molar-refractivity contribution in [2.45, 2.75) is 38.5 Å². The van der Waals surface area contributed by atoms with Gasteiger partial charge in [-0.05, 0) is 43.4 Å². The summed E-state index contributed by atoms with van der Waals surface area (Å²) in [5.74, 6) is 0.536. The molecule has 6 heteroatoms. The standard InChI is InChI=1S/C14H17F3N2O/c1-9(11-5-6-11)19-13(20)18-8-10-3-2-4-12(7-10)14(15,16)17/h2-4,7,9,11H,5-6,8H2,1H3,(H2,18,19,20). The van der Waals surface area contributed by atoms with Gasteiger partial charge in [-0.1, -0.05) is 12.1 Å². The molecule has 1 saturated carbocycles. The maximum atomic E-state index is 12.5. The van der Waals surface area contributed by atoms with Crippen LogP contribution in [0.5, 0.6) is 0 Å². The number of nitrogens with one attached hydrogen (secondary N) is 2. The lowest BCUT2D eigenvalue weighted by molar-refractivity contribution is -0.137. The number of amides is 2. The zero-order valence-electron chi connectivity index (χ0n) is 11.1. The zero-order chi connectivity index (χ0) is 14.8. The van der Waals surface area contributed by atoms with Gasteiger partial charge in [0.2, 0.25) is 0 Å². The second kappa shape index (κ2) is 5.73. The lowest BCUT2D eigenvalue weighted by Gasteiger charge is -2.14. The van der Waals surface area contributed by atoms with Gasteiger partial charge in [0.05, 0.1) is 5.56 Å². The highest BCUT2D eigenvalue weighted by molar-refractivity contribution is 5.74. The van der Waals surface area contributed by atoms with E-state index in [-0.39, 0.29) is 18.6 Å². The molecular weight excluding hydrogens is 269 g/mol. The first-order chi connectivity index (χ1) is 9.36. The fourth-order valence-corrected chi connectivity index (χ4v) is 2.01. The highest BCUT2D eigenvalue weighted by atomic mass is 19.4. The predicted molar refractivity (Wildman–Crippen MR) is 69.0 cm³/mol. The van der Waals surface area contributed by atoms with Crippen molar-refractivity contribution in [1.82, 2.24) is 10.6 Å². The summed E-state index contributed by atoms with van der Waals surface area (Å²) in [4.78, 5) is 11.6. The Morgan fingerprint density at radius 2 is 2.10 bits per heavy atom. The van der Waals surface area contributed by atoms with Gasteiger partial charge >= 0.3 is 12.2 Å². The first-order valence-corrected chi connectivity index (χ1v) is 6.57. The number of urea groups is 1. The molecule has 1 aromatic carbocycles. The third kappa shape index (κ3) is 4.15. The molecule has 0 aromatic heterocycles. The lowest BCUT2D eigenvalue weighted by Crippen LogP contribution is -2.41. The van der Waals surface area contributed by atoms with Crippen molar-refractivity contribution in [3.8, 4) is 0 Å². The largest absolute Gasteiger partial charge is 0.416 e. The molecule has 1 aliphatic carbocycles. The lowest BCUT2D eigenvalue weighted by atomic mass is 10.1. The van der Waals surface area contributed by atoms with Crippen LogP contribution >= 0.6 is 0 Å². The second-order valence-electron chi connectivity index (χ2n) is 5.15. The first kappa shape index (κ1) is 14.7. The van der Waals surface area contributed by atoms with Gasteiger partial charge in [0.25, 0.3) is 0 Å². The summed E-state index contributed by atoms with van der Waals surface area (Å²) >= 11 is 0. The average Bonchev–Trinajstić information content (AvgIpc) is 3.20. The van der Waals surface area contributed by atoms with Gasteiger partial charge in [0.15, 0.2) is 0 Å². The number of rotatable bonds is 4. The van der Waals surface area contributed by atoms with Crippen molar-refractivity contribution in [2.24, 2.45) is 5.92 Å². The topological polar surface area (TPSA) is 41.1 Å². The maximum Gasteiger partial charge on any atom is 0.416 e. The normalized spacial score (nSPS) is 16.6. The molecule has 3 nitrogen and oxygen atoms in total. The van der Waals surface area contributed by atoms with E-state index in [0.29, 0.717) is 11.5 Å². The van der Waals surface area contributed by atoms with E-state index in [1.165, 1.54) is 6.07 Å². The second-order valence-corrected chi connectivity index (χ2v) is 5.15. The predicted octanol–water partition coefficient (Wildman–Crippen LogP) is 3.30. The number of alkyl halides is 3. The molecule has 110 valence electrons. The molecule has 1 aliphatic rings.